The fraction of sp³-hybridized carbons (Fsp3) is 0.143. The van der Waals surface area contributed by atoms with Crippen LogP contribution in [0.2, 0.25) is 0 Å². The zero-order valence-electron chi connectivity index (χ0n) is 16.0. The summed E-state index contributed by atoms with van der Waals surface area (Å²) in [6.45, 7) is 2.57. The highest BCUT2D eigenvalue weighted by atomic mass is 32.1. The van der Waals surface area contributed by atoms with E-state index in [4.69, 9.17) is 9.15 Å². The highest BCUT2D eigenvalue weighted by Crippen LogP contribution is 2.35. The summed E-state index contributed by atoms with van der Waals surface area (Å²) < 4.78 is 12.0. The van der Waals surface area contributed by atoms with E-state index in [1.54, 1.807) is 12.1 Å². The zero-order chi connectivity index (χ0) is 21.1. The Morgan fingerprint density at radius 1 is 1.20 bits per heavy atom. The first kappa shape index (κ1) is 19.6. The maximum Gasteiger partial charge on any atom is 0.269 e. The van der Waals surface area contributed by atoms with Crippen molar-refractivity contribution in [2.75, 3.05) is 11.5 Å². The van der Waals surface area contributed by atoms with E-state index in [2.05, 4.69) is 4.98 Å². The molecule has 0 N–H and O–H groups in total. The van der Waals surface area contributed by atoms with Gasteiger partial charge in [-0.15, -0.1) is 0 Å². The number of benzene rings is 2. The number of anilines is 1. The lowest BCUT2D eigenvalue weighted by molar-refractivity contribution is -0.384. The van der Waals surface area contributed by atoms with Crippen molar-refractivity contribution in [3.05, 3.63) is 82.3 Å². The van der Waals surface area contributed by atoms with Crippen molar-refractivity contribution in [2.24, 2.45) is 0 Å². The number of hydrogen-bond donors (Lipinski definition) is 0. The molecule has 0 fully saturated rings. The first-order valence-electron chi connectivity index (χ1n) is 9.18. The Hall–Kier alpha value is -3.72. The predicted molar refractivity (Wildman–Crippen MR) is 113 cm³/mol. The highest BCUT2D eigenvalue weighted by Gasteiger charge is 2.24. The molecule has 0 atom stereocenters. The third-order valence-electron chi connectivity index (χ3n) is 4.37. The molecule has 4 rings (SSSR count). The number of aromatic nitrogens is 1. The Balaban J connectivity index is 1.74. The summed E-state index contributed by atoms with van der Waals surface area (Å²) in [4.78, 5) is 29.9. The number of hydrogen-bond acceptors (Lipinski definition) is 7. The van der Waals surface area contributed by atoms with Crippen molar-refractivity contribution in [3.63, 3.8) is 0 Å². The van der Waals surface area contributed by atoms with E-state index < -0.39 is 4.92 Å². The quantitative estimate of drug-likeness (QED) is 0.305. The van der Waals surface area contributed by atoms with Gasteiger partial charge in [0.2, 0.25) is 0 Å². The number of fused-ring (bicyclic) bond motifs is 1. The number of amides is 1. The van der Waals surface area contributed by atoms with Crippen molar-refractivity contribution >= 4 is 38.3 Å². The lowest BCUT2D eigenvalue weighted by Crippen LogP contribution is -2.30. The Bertz CT molecular complexity index is 1190. The number of rotatable bonds is 7. The first-order valence-corrected chi connectivity index (χ1v) is 9.99. The van der Waals surface area contributed by atoms with Crippen LogP contribution in [0.15, 0.2) is 65.3 Å². The third-order valence-corrected chi connectivity index (χ3v) is 5.41. The van der Waals surface area contributed by atoms with Crippen LogP contribution in [0.5, 0.6) is 5.75 Å². The van der Waals surface area contributed by atoms with Crippen LogP contribution >= 0.6 is 11.3 Å². The second kappa shape index (κ2) is 8.34. The molecular formula is C21H17N3O5S. The molecule has 1 amide bonds. The maximum absolute atomic E-state index is 13.3. The largest absolute Gasteiger partial charge is 0.492 e. The number of nitro groups is 1. The van der Waals surface area contributed by atoms with Crippen LogP contribution in [-0.2, 0) is 6.54 Å². The Labute approximate surface area is 175 Å². The first-order chi connectivity index (χ1) is 14.6. The van der Waals surface area contributed by atoms with Crippen molar-refractivity contribution in [2.45, 2.75) is 13.5 Å². The lowest BCUT2D eigenvalue weighted by Gasteiger charge is -2.18. The summed E-state index contributed by atoms with van der Waals surface area (Å²) in [5.74, 6) is 0.908. The van der Waals surface area contributed by atoms with Crippen LogP contribution in [0, 0.1) is 10.1 Å². The number of non-ortho nitro benzene ring substituents is 1. The molecule has 0 saturated heterocycles. The molecule has 0 unspecified atom stereocenters. The average molecular weight is 423 g/mol. The monoisotopic (exact) mass is 423 g/mol. The summed E-state index contributed by atoms with van der Waals surface area (Å²) >= 11 is 1.36. The highest BCUT2D eigenvalue weighted by molar-refractivity contribution is 7.22. The van der Waals surface area contributed by atoms with Gasteiger partial charge < -0.3 is 9.15 Å². The van der Waals surface area contributed by atoms with Gasteiger partial charge in [-0.2, -0.15) is 0 Å². The van der Waals surface area contributed by atoms with Gasteiger partial charge in [0.1, 0.15) is 17.0 Å². The second-order valence-electron chi connectivity index (χ2n) is 6.31. The molecular weight excluding hydrogens is 406 g/mol. The van der Waals surface area contributed by atoms with Gasteiger partial charge in [-0.05, 0) is 43.3 Å². The smallest absolute Gasteiger partial charge is 0.269 e. The molecule has 0 spiro atoms. The number of nitro benzene ring substituents is 1. The van der Waals surface area contributed by atoms with E-state index in [-0.39, 0.29) is 18.1 Å². The van der Waals surface area contributed by atoms with Crippen LogP contribution in [0.3, 0.4) is 0 Å². The Kier molecular flexibility index (Phi) is 5.44. The summed E-state index contributed by atoms with van der Waals surface area (Å²) in [5.41, 5.74) is 0.919. The summed E-state index contributed by atoms with van der Waals surface area (Å²) in [5, 5.41) is 11.4. The molecule has 0 aliphatic rings. The van der Waals surface area contributed by atoms with E-state index >= 15 is 0 Å². The van der Waals surface area contributed by atoms with E-state index in [0.29, 0.717) is 34.3 Å². The minimum atomic E-state index is -0.502. The molecule has 2 aromatic heterocycles. The van der Waals surface area contributed by atoms with E-state index in [9.17, 15) is 14.9 Å². The zero-order valence-corrected chi connectivity index (χ0v) is 16.8. The van der Waals surface area contributed by atoms with Crippen LogP contribution in [0.25, 0.3) is 10.2 Å². The fourth-order valence-corrected chi connectivity index (χ4v) is 3.95. The molecule has 0 aliphatic heterocycles. The molecule has 0 saturated carbocycles. The molecule has 4 aromatic rings. The number of nitrogens with zero attached hydrogens (tertiary/aromatic N) is 3. The van der Waals surface area contributed by atoms with Crippen molar-refractivity contribution in [3.8, 4) is 5.75 Å². The summed E-state index contributed by atoms with van der Waals surface area (Å²) in [6, 6.07) is 14.6. The average Bonchev–Trinajstić information content (AvgIpc) is 3.42. The molecule has 0 aliphatic carbocycles. The molecule has 8 nitrogen and oxygen atoms in total. The second-order valence-corrected chi connectivity index (χ2v) is 7.32. The van der Waals surface area contributed by atoms with Crippen LogP contribution < -0.4 is 9.64 Å². The van der Waals surface area contributed by atoms with E-state index in [0.717, 1.165) is 4.70 Å². The normalized spacial score (nSPS) is 10.8. The fourth-order valence-electron chi connectivity index (χ4n) is 2.97. The van der Waals surface area contributed by atoms with Gasteiger partial charge in [0.15, 0.2) is 5.13 Å². The van der Waals surface area contributed by atoms with Crippen molar-refractivity contribution in [1.29, 1.82) is 0 Å². The predicted octanol–water partition coefficient (Wildman–Crippen LogP) is 5.04. The third kappa shape index (κ3) is 3.87. The van der Waals surface area contributed by atoms with Gasteiger partial charge in [0, 0.05) is 17.7 Å². The van der Waals surface area contributed by atoms with Gasteiger partial charge >= 0.3 is 0 Å². The van der Waals surface area contributed by atoms with Gasteiger partial charge in [-0.25, -0.2) is 4.98 Å². The molecule has 30 heavy (non-hydrogen) atoms. The van der Waals surface area contributed by atoms with Crippen molar-refractivity contribution in [1.82, 2.24) is 4.98 Å². The van der Waals surface area contributed by atoms with E-state index in [1.165, 1.54) is 46.8 Å². The number of ether oxygens (including phenoxy) is 1. The summed E-state index contributed by atoms with van der Waals surface area (Å²) in [6.07, 6.45) is 1.54. The SMILES string of the molecule is CCOc1cccc2sc(N(Cc3ccco3)C(=O)c3ccc([N+](=O)[O-])cc3)nc12. The van der Waals surface area contributed by atoms with Crippen LogP contribution in [0.1, 0.15) is 23.0 Å². The summed E-state index contributed by atoms with van der Waals surface area (Å²) in [7, 11) is 0. The van der Waals surface area contributed by atoms with Crippen molar-refractivity contribution < 1.29 is 18.9 Å². The topological polar surface area (TPSA) is 98.7 Å². The van der Waals surface area contributed by atoms with Gasteiger partial charge in [0.05, 0.1) is 29.0 Å². The molecule has 0 bridgehead atoms. The standard InChI is InChI=1S/C21H17N3O5S/c1-2-28-17-6-3-7-18-19(17)22-21(30-18)23(13-16-5-4-12-29-16)20(25)14-8-10-15(11-9-14)24(26)27/h3-12H,2,13H2,1H3. The van der Waals surface area contributed by atoms with Crippen LogP contribution in [0.4, 0.5) is 10.8 Å². The molecule has 2 aromatic carbocycles. The molecule has 0 radical (unpaired) electrons. The Morgan fingerprint density at radius 2 is 2.00 bits per heavy atom. The number of carbonyl (C=O) groups is 1. The maximum atomic E-state index is 13.3. The minimum absolute atomic E-state index is 0.0783. The van der Waals surface area contributed by atoms with Gasteiger partial charge in [-0.1, -0.05) is 17.4 Å². The lowest BCUT2D eigenvalue weighted by atomic mass is 10.2. The molecule has 2 heterocycles. The van der Waals surface area contributed by atoms with Gasteiger partial charge in [0.25, 0.3) is 11.6 Å². The van der Waals surface area contributed by atoms with E-state index in [1.807, 2.05) is 25.1 Å². The molecule has 9 heteroatoms. The number of carbonyl (C=O) groups excluding carboxylic acids is 1. The Morgan fingerprint density at radius 3 is 2.67 bits per heavy atom. The minimum Gasteiger partial charge on any atom is -0.492 e. The number of furan rings is 1. The molecule has 152 valence electrons. The van der Waals surface area contributed by atoms with Gasteiger partial charge in [-0.3, -0.25) is 19.8 Å². The number of thiazole rings is 1. The number of para-hydroxylation sites is 1. The van der Waals surface area contributed by atoms with Crippen LogP contribution in [-0.4, -0.2) is 22.4 Å².